The predicted molar refractivity (Wildman–Crippen MR) is 46.4 cm³/mol. The molecule has 0 heterocycles. The average molecular weight is 157 g/mol. The van der Waals surface area contributed by atoms with Crippen molar-refractivity contribution in [2.45, 2.75) is 33.3 Å². The standard InChI is InChI=1S/C9H19NO/c1-8(2)6-9(8,3)7(5-10)11-4/h7H,5-6,10H2,1-4H3. The second-order valence-electron chi connectivity index (χ2n) is 4.44. The van der Waals surface area contributed by atoms with Crippen molar-refractivity contribution < 1.29 is 4.74 Å². The van der Waals surface area contributed by atoms with Crippen LogP contribution in [-0.4, -0.2) is 19.8 Å². The van der Waals surface area contributed by atoms with Crippen LogP contribution in [0.5, 0.6) is 0 Å². The lowest BCUT2D eigenvalue weighted by Crippen LogP contribution is -2.33. The van der Waals surface area contributed by atoms with Gasteiger partial charge in [0.15, 0.2) is 0 Å². The Labute approximate surface area is 69.1 Å². The zero-order valence-electron chi connectivity index (χ0n) is 7.98. The SMILES string of the molecule is COC(CN)C1(C)CC1(C)C. The molecular formula is C9H19NO. The van der Waals surface area contributed by atoms with Crippen molar-refractivity contribution >= 4 is 0 Å². The minimum atomic E-state index is 0.234. The smallest absolute Gasteiger partial charge is 0.0752 e. The van der Waals surface area contributed by atoms with E-state index >= 15 is 0 Å². The first-order chi connectivity index (χ1) is 4.98. The molecule has 0 amide bonds. The number of nitrogens with two attached hydrogens (primary N) is 1. The van der Waals surface area contributed by atoms with Crippen molar-refractivity contribution in [3.63, 3.8) is 0 Å². The summed E-state index contributed by atoms with van der Waals surface area (Å²) >= 11 is 0. The molecule has 2 nitrogen and oxygen atoms in total. The Balaban J connectivity index is 2.61. The zero-order chi connectivity index (χ0) is 8.70. The molecule has 1 rings (SSSR count). The van der Waals surface area contributed by atoms with Crippen molar-refractivity contribution in [2.75, 3.05) is 13.7 Å². The first kappa shape index (κ1) is 9.01. The van der Waals surface area contributed by atoms with Gasteiger partial charge >= 0.3 is 0 Å². The van der Waals surface area contributed by atoms with Crippen molar-refractivity contribution in [1.29, 1.82) is 0 Å². The quantitative estimate of drug-likeness (QED) is 0.672. The Hall–Kier alpha value is -0.0800. The van der Waals surface area contributed by atoms with Crippen LogP contribution in [-0.2, 0) is 4.74 Å². The number of rotatable bonds is 3. The third-order valence-electron chi connectivity index (χ3n) is 3.44. The van der Waals surface area contributed by atoms with Crippen molar-refractivity contribution in [2.24, 2.45) is 16.6 Å². The molecule has 0 saturated heterocycles. The largest absolute Gasteiger partial charge is 0.380 e. The second-order valence-corrected chi connectivity index (χ2v) is 4.44. The van der Waals surface area contributed by atoms with E-state index in [-0.39, 0.29) is 6.10 Å². The monoisotopic (exact) mass is 157 g/mol. The van der Waals surface area contributed by atoms with E-state index in [1.165, 1.54) is 6.42 Å². The van der Waals surface area contributed by atoms with Crippen LogP contribution in [0.15, 0.2) is 0 Å². The van der Waals surface area contributed by atoms with Gasteiger partial charge in [0.25, 0.3) is 0 Å². The molecule has 0 spiro atoms. The minimum absolute atomic E-state index is 0.234. The molecule has 66 valence electrons. The molecule has 1 fully saturated rings. The van der Waals surface area contributed by atoms with Gasteiger partial charge in [-0.2, -0.15) is 0 Å². The summed E-state index contributed by atoms with van der Waals surface area (Å²) in [5.41, 5.74) is 6.35. The summed E-state index contributed by atoms with van der Waals surface area (Å²) in [6.07, 6.45) is 1.47. The summed E-state index contributed by atoms with van der Waals surface area (Å²) in [7, 11) is 1.75. The molecule has 1 saturated carbocycles. The molecule has 2 N–H and O–H groups in total. The van der Waals surface area contributed by atoms with E-state index < -0.39 is 0 Å². The molecule has 1 aliphatic rings. The lowest BCUT2D eigenvalue weighted by atomic mass is 9.92. The predicted octanol–water partition coefficient (Wildman–Crippen LogP) is 1.40. The molecule has 2 unspecified atom stereocenters. The van der Waals surface area contributed by atoms with Crippen LogP contribution in [0.4, 0.5) is 0 Å². The van der Waals surface area contributed by atoms with Gasteiger partial charge in [0.1, 0.15) is 0 Å². The van der Waals surface area contributed by atoms with Gasteiger partial charge in [-0.1, -0.05) is 20.8 Å². The third kappa shape index (κ3) is 1.18. The number of ether oxygens (including phenoxy) is 1. The summed E-state index contributed by atoms with van der Waals surface area (Å²) in [5, 5.41) is 0. The maximum Gasteiger partial charge on any atom is 0.0752 e. The van der Waals surface area contributed by atoms with Gasteiger partial charge in [0.05, 0.1) is 6.10 Å². The fraction of sp³-hybridized carbons (Fsp3) is 1.00. The van der Waals surface area contributed by atoms with E-state index in [4.69, 9.17) is 10.5 Å². The first-order valence-corrected chi connectivity index (χ1v) is 4.21. The van der Waals surface area contributed by atoms with Gasteiger partial charge in [-0.25, -0.2) is 0 Å². The highest BCUT2D eigenvalue weighted by atomic mass is 16.5. The Morgan fingerprint density at radius 2 is 1.91 bits per heavy atom. The topological polar surface area (TPSA) is 35.2 Å². The molecule has 0 bridgehead atoms. The van der Waals surface area contributed by atoms with Crippen LogP contribution in [0.25, 0.3) is 0 Å². The highest BCUT2D eigenvalue weighted by Gasteiger charge is 2.61. The van der Waals surface area contributed by atoms with Crippen LogP contribution in [0, 0.1) is 10.8 Å². The van der Waals surface area contributed by atoms with Gasteiger partial charge in [0.2, 0.25) is 0 Å². The van der Waals surface area contributed by atoms with Crippen LogP contribution in [0.1, 0.15) is 27.2 Å². The van der Waals surface area contributed by atoms with Crippen molar-refractivity contribution in [3.8, 4) is 0 Å². The Morgan fingerprint density at radius 3 is 2.00 bits per heavy atom. The van der Waals surface area contributed by atoms with Crippen molar-refractivity contribution in [1.82, 2.24) is 0 Å². The zero-order valence-corrected chi connectivity index (χ0v) is 7.98. The Morgan fingerprint density at radius 1 is 1.45 bits per heavy atom. The van der Waals surface area contributed by atoms with Crippen LogP contribution in [0.3, 0.4) is 0 Å². The average Bonchev–Trinajstić information content (AvgIpc) is 2.36. The first-order valence-electron chi connectivity index (χ1n) is 4.21. The van der Waals surface area contributed by atoms with Gasteiger partial charge in [0, 0.05) is 19.1 Å². The molecule has 0 radical (unpaired) electrons. The Bertz CT molecular complexity index is 152. The highest BCUT2D eigenvalue weighted by molar-refractivity contribution is 5.10. The molecule has 1 aliphatic carbocycles. The fourth-order valence-electron chi connectivity index (χ4n) is 2.04. The van der Waals surface area contributed by atoms with E-state index in [1.54, 1.807) is 7.11 Å². The van der Waals surface area contributed by atoms with E-state index in [1.807, 2.05) is 0 Å². The number of hydrogen-bond acceptors (Lipinski definition) is 2. The second kappa shape index (κ2) is 2.46. The maximum absolute atomic E-state index is 5.61. The molecule has 0 aliphatic heterocycles. The van der Waals surface area contributed by atoms with E-state index in [9.17, 15) is 0 Å². The molecule has 2 atom stereocenters. The lowest BCUT2D eigenvalue weighted by Gasteiger charge is -2.24. The summed E-state index contributed by atoms with van der Waals surface area (Å²) in [5.74, 6) is 0. The van der Waals surface area contributed by atoms with E-state index in [0.29, 0.717) is 17.4 Å². The molecular weight excluding hydrogens is 138 g/mol. The fourth-order valence-corrected chi connectivity index (χ4v) is 2.04. The molecule has 11 heavy (non-hydrogen) atoms. The lowest BCUT2D eigenvalue weighted by molar-refractivity contribution is 0.0387. The third-order valence-corrected chi connectivity index (χ3v) is 3.44. The summed E-state index contributed by atoms with van der Waals surface area (Å²) in [6, 6.07) is 0. The van der Waals surface area contributed by atoms with Crippen LogP contribution in [0.2, 0.25) is 0 Å². The van der Waals surface area contributed by atoms with Gasteiger partial charge in [-0.05, 0) is 11.8 Å². The van der Waals surface area contributed by atoms with E-state index in [0.717, 1.165) is 0 Å². The van der Waals surface area contributed by atoms with E-state index in [2.05, 4.69) is 20.8 Å². The van der Waals surface area contributed by atoms with Crippen LogP contribution >= 0.6 is 0 Å². The van der Waals surface area contributed by atoms with Gasteiger partial charge in [-0.15, -0.1) is 0 Å². The maximum atomic E-state index is 5.61. The normalized spacial score (nSPS) is 36.8. The summed E-state index contributed by atoms with van der Waals surface area (Å²) < 4.78 is 5.34. The Kier molecular flexibility index (Phi) is 2.01. The molecule has 0 aromatic heterocycles. The van der Waals surface area contributed by atoms with Gasteiger partial charge < -0.3 is 10.5 Å². The summed E-state index contributed by atoms with van der Waals surface area (Å²) in [6.45, 7) is 7.44. The molecule has 2 heteroatoms. The molecule has 0 aromatic carbocycles. The van der Waals surface area contributed by atoms with Crippen LogP contribution < -0.4 is 5.73 Å². The number of hydrogen-bond donors (Lipinski definition) is 1. The number of methoxy groups -OCH3 is 1. The molecule has 0 aromatic rings. The van der Waals surface area contributed by atoms with Crippen molar-refractivity contribution in [3.05, 3.63) is 0 Å². The highest BCUT2D eigenvalue weighted by Crippen LogP contribution is 2.65. The minimum Gasteiger partial charge on any atom is -0.380 e. The van der Waals surface area contributed by atoms with Gasteiger partial charge in [-0.3, -0.25) is 0 Å². The summed E-state index contributed by atoms with van der Waals surface area (Å²) in [4.78, 5) is 0.